The molecule has 0 bridgehead atoms. The van der Waals surface area contributed by atoms with Crippen LogP contribution < -0.4 is 4.74 Å². The summed E-state index contributed by atoms with van der Waals surface area (Å²) in [6.07, 6.45) is 0.0187. The number of benzene rings is 2. The van der Waals surface area contributed by atoms with E-state index in [4.69, 9.17) is 19.2 Å². The molecule has 0 amide bonds. The molecule has 0 spiro atoms. The molecular formula is C32H33FN4O5S. The first-order chi connectivity index (χ1) is 20.4. The Balaban J connectivity index is 1.46. The zero-order chi connectivity index (χ0) is 31.1. The van der Waals surface area contributed by atoms with Gasteiger partial charge in [-0.15, -0.1) is 21.5 Å². The van der Waals surface area contributed by atoms with E-state index in [0.29, 0.717) is 17.2 Å². The maximum absolute atomic E-state index is 14.9. The van der Waals surface area contributed by atoms with Crippen molar-refractivity contribution in [3.63, 3.8) is 0 Å². The number of methoxy groups -OCH3 is 1. The number of nitrogens with zero attached hydrogens (tertiary/aromatic N) is 4. The van der Waals surface area contributed by atoms with E-state index in [9.17, 15) is 14.0 Å². The minimum atomic E-state index is -0.653. The third-order valence-electron chi connectivity index (χ3n) is 7.02. The Hall–Kier alpha value is -4.38. The molecule has 43 heavy (non-hydrogen) atoms. The number of fused-ring (bicyclic) bond motifs is 3. The molecule has 0 radical (unpaired) electrons. The van der Waals surface area contributed by atoms with Crippen LogP contribution in [-0.2, 0) is 19.1 Å². The highest BCUT2D eigenvalue weighted by Gasteiger charge is 2.32. The van der Waals surface area contributed by atoms with Crippen LogP contribution in [0.1, 0.15) is 66.5 Å². The lowest BCUT2D eigenvalue weighted by atomic mass is 9.97. The molecule has 9 nitrogen and oxygen atoms in total. The molecule has 3 heterocycles. The topological polar surface area (TPSA) is 105 Å². The molecule has 4 aromatic rings. The average molecular weight is 605 g/mol. The third-order valence-corrected chi connectivity index (χ3v) is 8.21. The summed E-state index contributed by atoms with van der Waals surface area (Å²) >= 11 is 1.63. The van der Waals surface area contributed by atoms with E-state index in [0.717, 1.165) is 37.8 Å². The van der Waals surface area contributed by atoms with E-state index in [1.807, 2.05) is 35.8 Å². The lowest BCUT2D eigenvalue weighted by molar-refractivity contribution is -0.157. The lowest BCUT2D eigenvalue weighted by Gasteiger charge is -2.19. The van der Waals surface area contributed by atoms with Gasteiger partial charge in [0.2, 0.25) is 0 Å². The third kappa shape index (κ3) is 6.22. The summed E-state index contributed by atoms with van der Waals surface area (Å²) in [6.45, 7) is 10.9. The maximum atomic E-state index is 14.9. The Morgan fingerprint density at radius 2 is 1.65 bits per heavy atom. The smallest absolute Gasteiger partial charge is 0.344 e. The van der Waals surface area contributed by atoms with Gasteiger partial charge < -0.3 is 14.2 Å². The Labute approximate surface area is 253 Å². The fourth-order valence-corrected chi connectivity index (χ4v) is 6.11. The number of halogens is 1. The van der Waals surface area contributed by atoms with Gasteiger partial charge in [-0.1, -0.05) is 30.3 Å². The van der Waals surface area contributed by atoms with Gasteiger partial charge in [0.1, 0.15) is 22.5 Å². The molecule has 2 aromatic carbocycles. The Morgan fingerprint density at radius 1 is 0.977 bits per heavy atom. The minimum absolute atomic E-state index is 0.0187. The second kappa shape index (κ2) is 11.7. The molecule has 0 saturated heterocycles. The normalized spacial score (nSPS) is 14.3. The largest absolute Gasteiger partial charge is 0.479 e. The van der Waals surface area contributed by atoms with Crippen molar-refractivity contribution in [1.29, 1.82) is 0 Å². The molecule has 0 aliphatic carbocycles. The number of carbonyl (C=O) groups is 2. The standard InChI is InChI=1S/C32H33FN4O5S/c1-17-18(2)43-31-28(17)29(34-24(15-26(38)40-7)30-36-35-19(3)37(30)31)21-10-8-20(9-11-21)22-12-13-25(23(33)14-22)41-16-27(39)42-32(4,5)6/h8-14,24H,15-16H2,1-7H3/t24-/m0/s1. The van der Waals surface area contributed by atoms with Crippen LogP contribution in [0.5, 0.6) is 5.75 Å². The Kier molecular flexibility index (Phi) is 8.20. The molecule has 224 valence electrons. The number of aryl methyl sites for hydroxylation is 2. The second-order valence-corrected chi connectivity index (χ2v) is 12.5. The van der Waals surface area contributed by atoms with E-state index in [-0.39, 0.29) is 18.8 Å². The van der Waals surface area contributed by atoms with Crippen molar-refractivity contribution in [3.8, 4) is 21.9 Å². The summed E-state index contributed by atoms with van der Waals surface area (Å²) in [5.41, 5.74) is 4.40. The first kappa shape index (κ1) is 30.1. The SMILES string of the molecule is COC(=O)C[C@@H]1N=C(c2ccc(-c3ccc(OCC(=O)OC(C)(C)C)c(F)c3)cc2)c2c(sc(C)c2C)-n2c(C)nnc21. The maximum Gasteiger partial charge on any atom is 0.344 e. The summed E-state index contributed by atoms with van der Waals surface area (Å²) in [4.78, 5) is 30.5. The van der Waals surface area contributed by atoms with Gasteiger partial charge in [0.15, 0.2) is 24.0 Å². The first-order valence-corrected chi connectivity index (χ1v) is 14.6. The van der Waals surface area contributed by atoms with Gasteiger partial charge in [0, 0.05) is 16.0 Å². The number of carbonyl (C=O) groups excluding carboxylic acids is 2. The number of ether oxygens (including phenoxy) is 3. The van der Waals surface area contributed by atoms with Crippen LogP contribution in [0.3, 0.4) is 0 Å². The average Bonchev–Trinajstić information content (AvgIpc) is 3.43. The van der Waals surface area contributed by atoms with Gasteiger partial charge in [-0.05, 0) is 70.4 Å². The Bertz CT molecular complexity index is 1730. The van der Waals surface area contributed by atoms with Crippen LogP contribution in [0.2, 0.25) is 0 Å². The summed E-state index contributed by atoms with van der Waals surface area (Å²) in [5.74, 6) is -0.295. The van der Waals surface area contributed by atoms with E-state index >= 15 is 0 Å². The predicted molar refractivity (Wildman–Crippen MR) is 162 cm³/mol. The summed E-state index contributed by atoms with van der Waals surface area (Å²) < 4.78 is 32.4. The molecule has 5 rings (SSSR count). The number of thiophene rings is 1. The molecule has 0 unspecified atom stereocenters. The number of rotatable bonds is 7. The van der Waals surface area contributed by atoms with Gasteiger partial charge >= 0.3 is 11.9 Å². The van der Waals surface area contributed by atoms with Crippen molar-refractivity contribution in [2.24, 2.45) is 4.99 Å². The number of aromatic nitrogens is 3. The van der Waals surface area contributed by atoms with Gasteiger partial charge in [0.05, 0.1) is 19.2 Å². The monoisotopic (exact) mass is 604 g/mol. The van der Waals surface area contributed by atoms with E-state index in [2.05, 4.69) is 24.0 Å². The highest BCUT2D eigenvalue weighted by Crippen LogP contribution is 2.40. The van der Waals surface area contributed by atoms with Crippen LogP contribution in [0.25, 0.3) is 16.1 Å². The van der Waals surface area contributed by atoms with Gasteiger partial charge in [-0.25, -0.2) is 9.18 Å². The highest BCUT2D eigenvalue weighted by atomic mass is 32.1. The summed E-state index contributed by atoms with van der Waals surface area (Å²) in [6, 6.07) is 11.7. The molecule has 1 aliphatic rings. The van der Waals surface area contributed by atoms with Crippen LogP contribution in [0.4, 0.5) is 4.39 Å². The molecular weight excluding hydrogens is 571 g/mol. The van der Waals surface area contributed by atoms with E-state index in [1.54, 1.807) is 38.2 Å². The molecule has 1 aliphatic heterocycles. The first-order valence-electron chi connectivity index (χ1n) is 13.8. The van der Waals surface area contributed by atoms with E-state index in [1.165, 1.54) is 19.2 Å². The zero-order valence-corrected chi connectivity index (χ0v) is 26.0. The lowest BCUT2D eigenvalue weighted by Crippen LogP contribution is -2.27. The number of hydrogen-bond acceptors (Lipinski definition) is 9. The van der Waals surface area contributed by atoms with Crippen LogP contribution >= 0.6 is 11.3 Å². The van der Waals surface area contributed by atoms with Crippen LogP contribution in [0, 0.1) is 26.6 Å². The molecule has 0 saturated carbocycles. The summed E-state index contributed by atoms with van der Waals surface area (Å²) in [7, 11) is 1.35. The second-order valence-electron chi connectivity index (χ2n) is 11.3. The quantitative estimate of drug-likeness (QED) is 0.230. The predicted octanol–water partition coefficient (Wildman–Crippen LogP) is 6.24. The molecule has 0 fully saturated rings. The zero-order valence-electron chi connectivity index (χ0n) is 25.1. The molecule has 2 aromatic heterocycles. The fraction of sp³-hybridized carbons (Fsp3) is 0.344. The van der Waals surface area contributed by atoms with E-state index < -0.39 is 29.4 Å². The van der Waals surface area contributed by atoms with Crippen molar-refractivity contribution in [2.45, 2.75) is 59.6 Å². The van der Waals surface area contributed by atoms with Crippen LogP contribution in [-0.4, -0.2) is 51.7 Å². The molecule has 11 heteroatoms. The van der Waals surface area contributed by atoms with Gasteiger partial charge in [-0.2, -0.15) is 0 Å². The minimum Gasteiger partial charge on any atom is -0.479 e. The van der Waals surface area contributed by atoms with Gasteiger partial charge in [-0.3, -0.25) is 14.4 Å². The van der Waals surface area contributed by atoms with Crippen molar-refractivity contribution in [3.05, 3.63) is 81.5 Å². The van der Waals surface area contributed by atoms with Crippen molar-refractivity contribution >= 4 is 29.0 Å². The number of aliphatic imine (C=N–C) groups is 1. The van der Waals surface area contributed by atoms with Gasteiger partial charge in [0.25, 0.3) is 0 Å². The fourth-order valence-electron chi connectivity index (χ4n) is 4.89. The Morgan fingerprint density at radius 3 is 2.30 bits per heavy atom. The van der Waals surface area contributed by atoms with Crippen molar-refractivity contribution in [2.75, 3.05) is 13.7 Å². The van der Waals surface area contributed by atoms with Crippen molar-refractivity contribution in [1.82, 2.24) is 14.8 Å². The number of hydrogen-bond donors (Lipinski definition) is 0. The van der Waals surface area contributed by atoms with Crippen molar-refractivity contribution < 1.29 is 28.2 Å². The molecule has 1 atom stereocenters. The number of esters is 2. The molecule has 0 N–H and O–H groups in total. The van der Waals surface area contributed by atoms with Crippen LogP contribution in [0.15, 0.2) is 47.5 Å². The highest BCUT2D eigenvalue weighted by molar-refractivity contribution is 7.15. The summed E-state index contributed by atoms with van der Waals surface area (Å²) in [5, 5.41) is 9.63.